The number of hydrogen-bond acceptors (Lipinski definition) is 5. The molecule has 0 spiro atoms. The lowest BCUT2D eigenvalue weighted by molar-refractivity contribution is -0.137. The Morgan fingerprint density at radius 3 is 2.60 bits per heavy atom. The van der Waals surface area contributed by atoms with E-state index in [1.807, 2.05) is 0 Å². The molecule has 1 aliphatic heterocycles. The molecule has 0 atom stereocenters. The zero-order valence-electron chi connectivity index (χ0n) is 15.5. The second-order valence-corrected chi connectivity index (χ2v) is 6.49. The van der Waals surface area contributed by atoms with Crippen LogP contribution in [-0.4, -0.2) is 30.5 Å². The molecule has 1 aromatic heterocycles. The van der Waals surface area contributed by atoms with Gasteiger partial charge in [-0.15, -0.1) is 0 Å². The quantitative estimate of drug-likeness (QED) is 0.697. The summed E-state index contributed by atoms with van der Waals surface area (Å²) in [7, 11) is 1.60. The Morgan fingerprint density at radius 1 is 1.17 bits per heavy atom. The van der Waals surface area contributed by atoms with Gasteiger partial charge >= 0.3 is 6.18 Å². The van der Waals surface area contributed by atoms with Gasteiger partial charge in [-0.1, -0.05) is 0 Å². The number of fused-ring (bicyclic) bond motifs is 1. The molecule has 2 aromatic carbocycles. The van der Waals surface area contributed by atoms with Gasteiger partial charge < -0.3 is 19.4 Å². The Hall–Kier alpha value is -3.82. The minimum atomic E-state index is -4.45. The van der Waals surface area contributed by atoms with E-state index in [-0.39, 0.29) is 24.1 Å². The number of oxazole rings is 1. The van der Waals surface area contributed by atoms with E-state index in [4.69, 9.17) is 9.15 Å². The normalized spacial score (nSPS) is 13.6. The largest absolute Gasteiger partial charge is 0.482 e. The van der Waals surface area contributed by atoms with Crippen LogP contribution in [0.3, 0.4) is 0 Å². The number of benzene rings is 2. The standard InChI is InChI=1S/C20H14F3N3O4/c1-26-15-8-13(6-7-16(15)29-10-17(26)27)24-18(28)14-9-30-19(25-14)11-2-4-12(5-3-11)20(21,22)23/h2-9H,10H2,1H3,(H,24,28). The van der Waals surface area contributed by atoms with Crippen molar-refractivity contribution in [3.63, 3.8) is 0 Å². The Morgan fingerprint density at radius 2 is 1.90 bits per heavy atom. The number of amides is 2. The van der Waals surface area contributed by atoms with Crippen LogP contribution in [0.1, 0.15) is 16.1 Å². The summed E-state index contributed by atoms with van der Waals surface area (Å²) in [5.74, 6) is -0.273. The number of nitrogens with zero attached hydrogens (tertiary/aromatic N) is 2. The van der Waals surface area contributed by atoms with Crippen molar-refractivity contribution >= 4 is 23.2 Å². The van der Waals surface area contributed by atoms with Gasteiger partial charge in [-0.3, -0.25) is 9.59 Å². The van der Waals surface area contributed by atoms with E-state index in [2.05, 4.69) is 10.3 Å². The van der Waals surface area contributed by atoms with E-state index in [9.17, 15) is 22.8 Å². The summed E-state index contributed by atoms with van der Waals surface area (Å²) in [6.07, 6.45) is -3.34. The highest BCUT2D eigenvalue weighted by Gasteiger charge is 2.30. The lowest BCUT2D eigenvalue weighted by Crippen LogP contribution is -2.35. The molecule has 2 heterocycles. The van der Waals surface area contributed by atoms with Crippen LogP contribution in [0.5, 0.6) is 5.75 Å². The van der Waals surface area contributed by atoms with E-state index in [1.54, 1.807) is 25.2 Å². The summed E-state index contributed by atoms with van der Waals surface area (Å²) in [5, 5.41) is 2.63. The van der Waals surface area contributed by atoms with Crippen molar-refractivity contribution in [3.8, 4) is 17.2 Å². The monoisotopic (exact) mass is 417 g/mol. The number of carbonyl (C=O) groups excluding carboxylic acids is 2. The fraction of sp³-hybridized carbons (Fsp3) is 0.150. The Kier molecular flexibility index (Phi) is 4.69. The van der Waals surface area contributed by atoms with Crippen LogP contribution in [0.15, 0.2) is 53.1 Å². The topological polar surface area (TPSA) is 84.7 Å². The molecular formula is C20H14F3N3O4. The maximum Gasteiger partial charge on any atom is 0.416 e. The minimum absolute atomic E-state index is 0.0121. The molecule has 30 heavy (non-hydrogen) atoms. The average Bonchev–Trinajstić information content (AvgIpc) is 3.21. The molecule has 3 aromatic rings. The van der Waals surface area contributed by atoms with Crippen molar-refractivity contribution in [1.29, 1.82) is 0 Å². The second-order valence-electron chi connectivity index (χ2n) is 6.49. The van der Waals surface area contributed by atoms with Gasteiger partial charge in [-0.2, -0.15) is 13.2 Å². The predicted octanol–water partition coefficient (Wildman–Crippen LogP) is 3.97. The number of aromatic nitrogens is 1. The molecule has 0 fully saturated rings. The van der Waals surface area contributed by atoms with Crippen LogP contribution < -0.4 is 15.0 Å². The van der Waals surface area contributed by atoms with Crippen LogP contribution >= 0.6 is 0 Å². The summed E-state index contributed by atoms with van der Waals surface area (Å²) in [6, 6.07) is 9.07. The molecule has 4 rings (SSSR count). The third-order valence-electron chi connectivity index (χ3n) is 4.50. The van der Waals surface area contributed by atoms with Crippen LogP contribution in [0.25, 0.3) is 11.5 Å². The number of carbonyl (C=O) groups is 2. The average molecular weight is 417 g/mol. The van der Waals surface area contributed by atoms with Gasteiger partial charge in [0, 0.05) is 18.3 Å². The fourth-order valence-electron chi connectivity index (χ4n) is 2.86. The number of hydrogen-bond donors (Lipinski definition) is 1. The van der Waals surface area contributed by atoms with E-state index in [1.165, 1.54) is 17.0 Å². The first-order chi connectivity index (χ1) is 14.2. The molecule has 1 aliphatic rings. The summed E-state index contributed by atoms with van der Waals surface area (Å²) in [4.78, 5) is 29.7. The van der Waals surface area contributed by atoms with Gasteiger partial charge in [0.25, 0.3) is 11.8 Å². The molecule has 7 nitrogen and oxygen atoms in total. The zero-order valence-corrected chi connectivity index (χ0v) is 15.5. The van der Waals surface area contributed by atoms with Gasteiger partial charge in [-0.25, -0.2) is 4.98 Å². The Labute approximate surface area is 168 Å². The molecule has 1 N–H and O–H groups in total. The lowest BCUT2D eigenvalue weighted by atomic mass is 10.1. The molecular weight excluding hydrogens is 403 g/mol. The van der Waals surface area contributed by atoms with Gasteiger partial charge in [0.15, 0.2) is 12.3 Å². The first-order valence-corrected chi connectivity index (χ1v) is 8.70. The summed E-state index contributed by atoms with van der Waals surface area (Å²) >= 11 is 0. The van der Waals surface area contributed by atoms with Crippen LogP contribution in [0.2, 0.25) is 0 Å². The summed E-state index contributed by atoms with van der Waals surface area (Å²) in [5.41, 5.74) is 0.365. The third-order valence-corrected chi connectivity index (χ3v) is 4.50. The van der Waals surface area contributed by atoms with Crippen LogP contribution in [-0.2, 0) is 11.0 Å². The Balaban J connectivity index is 1.50. The van der Waals surface area contributed by atoms with Crippen molar-refractivity contribution in [3.05, 3.63) is 60.0 Å². The van der Waals surface area contributed by atoms with Crippen molar-refractivity contribution < 1.29 is 31.9 Å². The lowest BCUT2D eigenvalue weighted by Gasteiger charge is -2.26. The van der Waals surface area contributed by atoms with Crippen molar-refractivity contribution in [2.75, 3.05) is 23.9 Å². The second kappa shape index (κ2) is 7.21. The van der Waals surface area contributed by atoms with Gasteiger partial charge in [0.1, 0.15) is 12.0 Å². The maximum absolute atomic E-state index is 12.7. The first-order valence-electron chi connectivity index (χ1n) is 8.70. The number of ether oxygens (including phenoxy) is 1. The highest BCUT2D eigenvalue weighted by atomic mass is 19.4. The van der Waals surface area contributed by atoms with Gasteiger partial charge in [0.2, 0.25) is 5.89 Å². The number of alkyl halides is 3. The highest BCUT2D eigenvalue weighted by molar-refractivity contribution is 6.04. The molecule has 154 valence electrons. The molecule has 0 radical (unpaired) electrons. The number of likely N-dealkylation sites (N-methyl/N-ethyl adjacent to an activating group) is 1. The van der Waals surface area contributed by atoms with Gasteiger partial charge in [-0.05, 0) is 42.5 Å². The van der Waals surface area contributed by atoms with Crippen molar-refractivity contribution in [1.82, 2.24) is 4.98 Å². The van der Waals surface area contributed by atoms with Crippen LogP contribution in [0.4, 0.5) is 24.5 Å². The maximum atomic E-state index is 12.7. The molecule has 0 bridgehead atoms. The molecule has 0 saturated heterocycles. The zero-order chi connectivity index (χ0) is 21.5. The molecule has 0 aliphatic carbocycles. The first kappa shape index (κ1) is 19.5. The number of rotatable bonds is 3. The van der Waals surface area contributed by atoms with Crippen molar-refractivity contribution in [2.24, 2.45) is 0 Å². The molecule has 0 saturated carbocycles. The number of nitrogens with one attached hydrogen (secondary N) is 1. The number of anilines is 2. The number of halogens is 3. The fourth-order valence-corrected chi connectivity index (χ4v) is 2.86. The molecule has 10 heteroatoms. The Bertz CT molecular complexity index is 1120. The smallest absolute Gasteiger partial charge is 0.416 e. The SMILES string of the molecule is CN1C(=O)COc2ccc(NC(=O)c3coc(-c4ccc(C(F)(F)F)cc4)n3)cc21. The molecule has 2 amide bonds. The van der Waals surface area contributed by atoms with E-state index < -0.39 is 17.6 Å². The van der Waals surface area contributed by atoms with Crippen molar-refractivity contribution in [2.45, 2.75) is 6.18 Å². The minimum Gasteiger partial charge on any atom is -0.482 e. The van der Waals surface area contributed by atoms with E-state index in [0.29, 0.717) is 22.7 Å². The molecule has 0 unspecified atom stereocenters. The summed E-state index contributed by atoms with van der Waals surface area (Å²) in [6.45, 7) is -0.0547. The third kappa shape index (κ3) is 3.71. The van der Waals surface area contributed by atoms with Gasteiger partial charge in [0.05, 0.1) is 11.3 Å². The van der Waals surface area contributed by atoms with E-state index in [0.717, 1.165) is 18.4 Å². The van der Waals surface area contributed by atoms with E-state index >= 15 is 0 Å². The van der Waals surface area contributed by atoms with Crippen LogP contribution in [0, 0.1) is 0 Å². The summed E-state index contributed by atoms with van der Waals surface area (Å²) < 4.78 is 48.6. The predicted molar refractivity (Wildman–Crippen MR) is 100 cm³/mol. The highest BCUT2D eigenvalue weighted by Crippen LogP contribution is 2.34.